The molecule has 0 aliphatic heterocycles. The highest BCUT2D eigenvalue weighted by atomic mass is 35.5. The number of hydrogen-bond acceptors (Lipinski definition) is 3. The van der Waals surface area contributed by atoms with E-state index in [0.29, 0.717) is 15.7 Å². The minimum absolute atomic E-state index is 0.0897. The van der Waals surface area contributed by atoms with E-state index >= 15 is 0 Å². The van der Waals surface area contributed by atoms with E-state index in [0.717, 1.165) is 5.56 Å². The molecule has 0 radical (unpaired) electrons. The molecule has 9 heteroatoms. The molecule has 2 N–H and O–H groups in total. The number of aryl methyl sites for hydroxylation is 1. The van der Waals surface area contributed by atoms with Crippen molar-refractivity contribution in [1.29, 1.82) is 0 Å². The molecule has 29 heavy (non-hydrogen) atoms. The largest absolute Gasteiger partial charge is 0.322 e. The van der Waals surface area contributed by atoms with Crippen LogP contribution >= 0.6 is 34.8 Å². The number of amides is 1. The maximum absolute atomic E-state index is 12.6. The minimum Gasteiger partial charge on any atom is -0.322 e. The molecule has 0 heterocycles. The fourth-order valence-electron chi connectivity index (χ4n) is 2.52. The van der Waals surface area contributed by atoms with E-state index in [9.17, 15) is 13.2 Å². The van der Waals surface area contributed by atoms with Gasteiger partial charge in [0.05, 0.1) is 15.5 Å². The Labute approximate surface area is 183 Å². The third-order valence-corrected chi connectivity index (χ3v) is 6.08. The van der Waals surface area contributed by atoms with Crippen molar-refractivity contribution in [3.63, 3.8) is 0 Å². The number of anilines is 2. The van der Waals surface area contributed by atoms with Gasteiger partial charge in [-0.2, -0.15) is 0 Å². The summed E-state index contributed by atoms with van der Waals surface area (Å²) in [5, 5.41) is 3.52. The Hall–Kier alpha value is -2.25. The van der Waals surface area contributed by atoms with E-state index < -0.39 is 15.9 Å². The minimum atomic E-state index is -3.82. The quantitative estimate of drug-likeness (QED) is 0.480. The highest BCUT2D eigenvalue weighted by molar-refractivity contribution is 7.92. The van der Waals surface area contributed by atoms with Crippen molar-refractivity contribution in [3.05, 3.63) is 86.9 Å². The molecule has 0 atom stereocenters. The molecule has 0 aliphatic rings. The third-order valence-electron chi connectivity index (χ3n) is 3.91. The van der Waals surface area contributed by atoms with Crippen LogP contribution in [0.5, 0.6) is 0 Å². The van der Waals surface area contributed by atoms with Gasteiger partial charge in [0.1, 0.15) is 0 Å². The molecule has 0 fully saturated rings. The number of benzene rings is 3. The summed E-state index contributed by atoms with van der Waals surface area (Å²) < 4.78 is 27.6. The number of hydrogen-bond donors (Lipinski definition) is 2. The zero-order chi connectivity index (χ0) is 21.2. The van der Waals surface area contributed by atoms with Crippen molar-refractivity contribution < 1.29 is 13.2 Å². The monoisotopic (exact) mass is 468 g/mol. The average molecular weight is 470 g/mol. The standard InChI is InChI=1S/C20H15Cl3N2O3S/c1-12-2-5-17(6-3-12)29(27,28)25-15-4-7-19(23)18(11-15)20(26)24-16-9-13(21)8-14(22)10-16/h2-11,25H,1H3,(H,24,26). The SMILES string of the molecule is Cc1ccc(S(=O)(=O)Nc2ccc(Cl)c(C(=O)Nc3cc(Cl)cc(Cl)c3)c2)cc1. The van der Waals surface area contributed by atoms with E-state index in [-0.39, 0.29) is 21.2 Å². The van der Waals surface area contributed by atoms with Gasteiger partial charge in [0.2, 0.25) is 0 Å². The van der Waals surface area contributed by atoms with Crippen LogP contribution in [0.25, 0.3) is 0 Å². The Morgan fingerprint density at radius 2 is 1.45 bits per heavy atom. The lowest BCUT2D eigenvalue weighted by Crippen LogP contribution is -2.15. The second kappa shape index (κ2) is 8.63. The number of sulfonamides is 1. The van der Waals surface area contributed by atoms with Crippen LogP contribution in [0, 0.1) is 6.92 Å². The summed E-state index contributed by atoms with van der Waals surface area (Å²) in [4.78, 5) is 12.7. The molecule has 3 aromatic rings. The number of rotatable bonds is 5. The van der Waals surface area contributed by atoms with E-state index in [2.05, 4.69) is 10.0 Å². The first-order chi connectivity index (χ1) is 13.6. The first kappa shape index (κ1) is 21.5. The predicted octanol–water partition coefficient (Wildman–Crippen LogP) is 6.01. The Bertz CT molecular complexity index is 1160. The fourth-order valence-corrected chi connectivity index (χ4v) is 4.30. The first-order valence-corrected chi connectivity index (χ1v) is 10.9. The van der Waals surface area contributed by atoms with Crippen molar-refractivity contribution in [2.45, 2.75) is 11.8 Å². The molecular formula is C20H15Cl3N2O3S. The van der Waals surface area contributed by atoms with Crippen LogP contribution < -0.4 is 10.0 Å². The fraction of sp³-hybridized carbons (Fsp3) is 0.0500. The first-order valence-electron chi connectivity index (χ1n) is 8.30. The molecule has 150 valence electrons. The van der Waals surface area contributed by atoms with Gasteiger partial charge >= 0.3 is 0 Å². The van der Waals surface area contributed by atoms with Gasteiger partial charge in [-0.3, -0.25) is 9.52 Å². The average Bonchev–Trinajstić information content (AvgIpc) is 2.62. The lowest BCUT2D eigenvalue weighted by atomic mass is 10.2. The van der Waals surface area contributed by atoms with Crippen LogP contribution in [0.1, 0.15) is 15.9 Å². The summed E-state index contributed by atoms with van der Waals surface area (Å²) in [6, 6.07) is 15.3. The molecule has 3 rings (SSSR count). The summed E-state index contributed by atoms with van der Waals surface area (Å²) in [5.41, 5.74) is 1.61. The lowest BCUT2D eigenvalue weighted by Gasteiger charge is -2.12. The van der Waals surface area contributed by atoms with Crippen LogP contribution in [-0.2, 0) is 10.0 Å². The molecule has 5 nitrogen and oxygen atoms in total. The second-order valence-corrected chi connectivity index (χ2v) is 9.19. The van der Waals surface area contributed by atoms with E-state index in [1.807, 2.05) is 6.92 Å². The van der Waals surface area contributed by atoms with E-state index in [1.54, 1.807) is 12.1 Å². The molecular weight excluding hydrogens is 455 g/mol. The maximum Gasteiger partial charge on any atom is 0.261 e. The van der Waals surface area contributed by atoms with Crippen molar-refractivity contribution in [3.8, 4) is 0 Å². The van der Waals surface area contributed by atoms with Gasteiger partial charge in [0, 0.05) is 21.4 Å². The Kier molecular flexibility index (Phi) is 6.39. The van der Waals surface area contributed by atoms with Crippen LogP contribution in [0.2, 0.25) is 15.1 Å². The molecule has 0 saturated heterocycles. The van der Waals surface area contributed by atoms with Crippen LogP contribution in [-0.4, -0.2) is 14.3 Å². The normalized spacial score (nSPS) is 11.2. The van der Waals surface area contributed by atoms with Gasteiger partial charge in [-0.05, 0) is 55.5 Å². The van der Waals surface area contributed by atoms with Gasteiger partial charge in [0.25, 0.3) is 15.9 Å². The highest BCUT2D eigenvalue weighted by Crippen LogP contribution is 2.26. The van der Waals surface area contributed by atoms with Gasteiger partial charge in [-0.15, -0.1) is 0 Å². The summed E-state index contributed by atoms with van der Waals surface area (Å²) >= 11 is 18.0. The molecule has 0 bridgehead atoms. The van der Waals surface area contributed by atoms with Gasteiger partial charge in [-0.1, -0.05) is 52.5 Å². The summed E-state index contributed by atoms with van der Waals surface area (Å²) in [5.74, 6) is -0.537. The van der Waals surface area contributed by atoms with Crippen LogP contribution in [0.4, 0.5) is 11.4 Å². The van der Waals surface area contributed by atoms with E-state index in [4.69, 9.17) is 34.8 Å². The summed E-state index contributed by atoms with van der Waals surface area (Å²) in [6.45, 7) is 1.86. The third kappa shape index (κ3) is 5.42. The van der Waals surface area contributed by atoms with Gasteiger partial charge in [0.15, 0.2) is 0 Å². The Morgan fingerprint density at radius 1 is 0.828 bits per heavy atom. The van der Waals surface area contributed by atoms with Crippen molar-refractivity contribution >= 4 is 62.1 Å². The number of carbonyl (C=O) groups is 1. The molecule has 0 aliphatic carbocycles. The Morgan fingerprint density at radius 3 is 2.07 bits per heavy atom. The molecule has 1 amide bonds. The number of halogens is 3. The second-order valence-electron chi connectivity index (χ2n) is 6.23. The Balaban J connectivity index is 1.85. The lowest BCUT2D eigenvalue weighted by molar-refractivity contribution is 0.102. The van der Waals surface area contributed by atoms with E-state index in [1.165, 1.54) is 48.5 Å². The number of nitrogens with one attached hydrogen (secondary N) is 2. The van der Waals surface area contributed by atoms with Gasteiger partial charge < -0.3 is 5.32 Å². The van der Waals surface area contributed by atoms with Crippen molar-refractivity contribution in [1.82, 2.24) is 0 Å². The predicted molar refractivity (Wildman–Crippen MR) is 118 cm³/mol. The topological polar surface area (TPSA) is 75.3 Å². The summed E-state index contributed by atoms with van der Waals surface area (Å²) in [7, 11) is -3.82. The molecule has 0 aromatic heterocycles. The molecule has 0 spiro atoms. The zero-order valence-electron chi connectivity index (χ0n) is 15.0. The van der Waals surface area contributed by atoms with Crippen molar-refractivity contribution in [2.24, 2.45) is 0 Å². The number of carbonyl (C=O) groups excluding carboxylic acids is 1. The smallest absolute Gasteiger partial charge is 0.261 e. The maximum atomic E-state index is 12.6. The van der Waals surface area contributed by atoms with Crippen LogP contribution in [0.15, 0.2) is 65.6 Å². The van der Waals surface area contributed by atoms with Gasteiger partial charge in [-0.25, -0.2) is 8.42 Å². The highest BCUT2D eigenvalue weighted by Gasteiger charge is 2.17. The summed E-state index contributed by atoms with van der Waals surface area (Å²) in [6.07, 6.45) is 0. The molecule has 0 unspecified atom stereocenters. The van der Waals surface area contributed by atoms with Crippen molar-refractivity contribution in [2.75, 3.05) is 10.0 Å². The van der Waals surface area contributed by atoms with Crippen LogP contribution in [0.3, 0.4) is 0 Å². The molecule has 0 saturated carbocycles. The zero-order valence-corrected chi connectivity index (χ0v) is 18.1. The molecule has 3 aromatic carbocycles.